The van der Waals surface area contributed by atoms with Gasteiger partial charge in [-0.1, -0.05) is 48.0 Å². The maximum absolute atomic E-state index is 13.4. The first-order chi connectivity index (χ1) is 19.8. The van der Waals surface area contributed by atoms with E-state index in [2.05, 4.69) is 10.2 Å². The first-order valence-corrected chi connectivity index (χ1v) is 13.8. The number of anilines is 1. The van der Waals surface area contributed by atoms with Gasteiger partial charge in [0, 0.05) is 23.8 Å². The van der Waals surface area contributed by atoms with Crippen molar-refractivity contribution in [3.8, 4) is 28.4 Å². The number of benzene rings is 4. The third-order valence-corrected chi connectivity index (χ3v) is 7.00. The van der Waals surface area contributed by atoms with Crippen molar-refractivity contribution >= 4 is 29.2 Å². The molecular weight excluding hydrogens is 540 g/mol. The van der Waals surface area contributed by atoms with Crippen LogP contribution in [0.5, 0.6) is 17.2 Å². The molecule has 0 aliphatic heterocycles. The average Bonchev–Trinajstić information content (AvgIpc) is 2.98. The van der Waals surface area contributed by atoms with Crippen LogP contribution in [0, 0.1) is 0 Å². The Bertz CT molecular complexity index is 1480. The standard InChI is InChI=1S/C33H33ClN2O5/c1-4-36(5-2)31-18-13-25(34)20-29(31)33(39)35-30(21-32(37)38)23-11-9-22(10-12-23)24-7-6-8-28(19-24)41-27-16-14-26(40-3)15-17-27/h6-20,30H,4-5,21H2,1-3H3,(H,35,39)(H,37,38). The SMILES string of the molecule is CCN(CC)c1ccc(Cl)cc1C(=O)NC(CC(=O)O)c1ccc(-c2cccc(Oc3ccc(OC)cc3)c2)cc1. The fraction of sp³-hybridized carbons (Fsp3) is 0.212. The van der Waals surface area contributed by atoms with E-state index in [0.29, 0.717) is 40.7 Å². The van der Waals surface area contributed by atoms with Gasteiger partial charge in [0.15, 0.2) is 0 Å². The molecule has 8 heteroatoms. The van der Waals surface area contributed by atoms with Crippen LogP contribution in [0.1, 0.15) is 42.2 Å². The summed E-state index contributed by atoms with van der Waals surface area (Å²) >= 11 is 6.23. The smallest absolute Gasteiger partial charge is 0.305 e. The van der Waals surface area contributed by atoms with Crippen LogP contribution >= 0.6 is 11.6 Å². The van der Waals surface area contributed by atoms with Crippen molar-refractivity contribution in [3.05, 3.63) is 107 Å². The van der Waals surface area contributed by atoms with E-state index in [-0.39, 0.29) is 12.3 Å². The Hall–Kier alpha value is -4.49. The van der Waals surface area contributed by atoms with Gasteiger partial charge >= 0.3 is 5.97 Å². The molecule has 0 saturated heterocycles. The zero-order chi connectivity index (χ0) is 29.4. The van der Waals surface area contributed by atoms with Crippen LogP contribution in [0.4, 0.5) is 5.69 Å². The molecule has 1 atom stereocenters. The lowest BCUT2D eigenvalue weighted by Crippen LogP contribution is -2.32. The van der Waals surface area contributed by atoms with E-state index in [1.54, 1.807) is 19.2 Å². The molecular formula is C33H33ClN2O5. The number of amides is 1. The van der Waals surface area contributed by atoms with Gasteiger partial charge < -0.3 is 24.8 Å². The van der Waals surface area contributed by atoms with Gasteiger partial charge in [-0.15, -0.1) is 0 Å². The second kappa shape index (κ2) is 13.7. The summed E-state index contributed by atoms with van der Waals surface area (Å²) < 4.78 is 11.2. The molecule has 1 unspecified atom stereocenters. The molecule has 41 heavy (non-hydrogen) atoms. The van der Waals surface area contributed by atoms with Crippen molar-refractivity contribution in [1.29, 1.82) is 0 Å². The average molecular weight is 573 g/mol. The number of hydrogen-bond donors (Lipinski definition) is 2. The number of nitrogens with one attached hydrogen (secondary N) is 1. The highest BCUT2D eigenvalue weighted by Gasteiger charge is 2.22. The Morgan fingerprint density at radius 2 is 1.54 bits per heavy atom. The number of carboxylic acids is 1. The van der Waals surface area contributed by atoms with Crippen LogP contribution in [0.2, 0.25) is 5.02 Å². The Morgan fingerprint density at radius 1 is 0.854 bits per heavy atom. The van der Waals surface area contributed by atoms with E-state index >= 15 is 0 Å². The largest absolute Gasteiger partial charge is 0.497 e. The van der Waals surface area contributed by atoms with E-state index in [9.17, 15) is 14.7 Å². The second-order valence-corrected chi connectivity index (χ2v) is 9.82. The Kier molecular flexibility index (Phi) is 9.87. The summed E-state index contributed by atoms with van der Waals surface area (Å²) in [4.78, 5) is 27.2. The number of aliphatic carboxylic acids is 1. The van der Waals surface area contributed by atoms with E-state index in [1.807, 2.05) is 92.7 Å². The predicted molar refractivity (Wildman–Crippen MR) is 162 cm³/mol. The highest BCUT2D eigenvalue weighted by atomic mass is 35.5. The fourth-order valence-corrected chi connectivity index (χ4v) is 4.79. The number of carboxylic acid groups (broad SMARTS) is 1. The van der Waals surface area contributed by atoms with Gasteiger partial charge in [0.25, 0.3) is 5.91 Å². The van der Waals surface area contributed by atoms with Crippen LogP contribution < -0.4 is 19.7 Å². The van der Waals surface area contributed by atoms with Gasteiger partial charge in [-0.2, -0.15) is 0 Å². The van der Waals surface area contributed by atoms with Gasteiger partial charge in [0.2, 0.25) is 0 Å². The Balaban J connectivity index is 1.55. The number of carbonyl (C=O) groups is 2. The fourth-order valence-electron chi connectivity index (χ4n) is 4.62. The van der Waals surface area contributed by atoms with Crippen LogP contribution in [0.3, 0.4) is 0 Å². The van der Waals surface area contributed by atoms with E-state index < -0.39 is 12.0 Å². The van der Waals surface area contributed by atoms with Crippen LogP contribution in [-0.2, 0) is 4.79 Å². The van der Waals surface area contributed by atoms with Gasteiger partial charge in [-0.25, -0.2) is 0 Å². The second-order valence-electron chi connectivity index (χ2n) is 9.39. The van der Waals surface area contributed by atoms with Crippen molar-refractivity contribution in [2.24, 2.45) is 0 Å². The van der Waals surface area contributed by atoms with E-state index in [1.165, 1.54) is 0 Å². The topological polar surface area (TPSA) is 88.1 Å². The van der Waals surface area contributed by atoms with Crippen LogP contribution in [0.15, 0.2) is 91.0 Å². The minimum Gasteiger partial charge on any atom is -0.497 e. The minimum atomic E-state index is -1.02. The number of nitrogens with zero attached hydrogens (tertiary/aromatic N) is 1. The minimum absolute atomic E-state index is 0.266. The number of hydrogen-bond acceptors (Lipinski definition) is 5. The number of methoxy groups -OCH3 is 1. The van der Waals surface area contributed by atoms with Gasteiger partial charge in [-0.05, 0) is 85.1 Å². The lowest BCUT2D eigenvalue weighted by Gasteiger charge is -2.25. The molecule has 0 bridgehead atoms. The van der Waals surface area contributed by atoms with Gasteiger partial charge in [-0.3, -0.25) is 9.59 Å². The third-order valence-electron chi connectivity index (χ3n) is 6.77. The zero-order valence-corrected chi connectivity index (χ0v) is 24.0. The summed E-state index contributed by atoms with van der Waals surface area (Å²) in [5.74, 6) is 0.721. The molecule has 0 saturated carbocycles. The highest BCUT2D eigenvalue weighted by molar-refractivity contribution is 6.31. The summed E-state index contributed by atoms with van der Waals surface area (Å²) in [5.41, 5.74) is 3.69. The predicted octanol–water partition coefficient (Wildman–Crippen LogP) is 7.60. The summed E-state index contributed by atoms with van der Waals surface area (Å²) in [6, 6.07) is 27.0. The van der Waals surface area contributed by atoms with E-state index in [0.717, 1.165) is 22.6 Å². The molecule has 0 radical (unpaired) electrons. The third kappa shape index (κ3) is 7.58. The quantitative estimate of drug-likeness (QED) is 0.182. The molecule has 2 N–H and O–H groups in total. The van der Waals surface area contributed by atoms with Crippen molar-refractivity contribution in [1.82, 2.24) is 5.32 Å². The molecule has 0 aliphatic carbocycles. The summed E-state index contributed by atoms with van der Waals surface area (Å²) in [6.45, 7) is 5.44. The van der Waals surface area contributed by atoms with Gasteiger partial charge in [0.05, 0.1) is 25.1 Å². The highest BCUT2D eigenvalue weighted by Crippen LogP contribution is 2.30. The molecule has 4 rings (SSSR count). The van der Waals surface area contributed by atoms with Gasteiger partial charge in [0.1, 0.15) is 17.2 Å². The first kappa shape index (κ1) is 29.5. The maximum atomic E-state index is 13.4. The van der Waals surface area contributed by atoms with Crippen molar-refractivity contribution in [2.75, 3.05) is 25.1 Å². The molecule has 0 fully saturated rings. The summed E-state index contributed by atoms with van der Waals surface area (Å²) in [6.07, 6.45) is -0.266. The number of ether oxygens (including phenoxy) is 2. The van der Waals surface area contributed by atoms with Crippen molar-refractivity contribution < 1.29 is 24.2 Å². The lowest BCUT2D eigenvalue weighted by molar-refractivity contribution is -0.137. The number of rotatable bonds is 12. The molecule has 7 nitrogen and oxygen atoms in total. The molecule has 0 heterocycles. The summed E-state index contributed by atoms with van der Waals surface area (Å²) in [5, 5.41) is 13.0. The molecule has 1 amide bonds. The first-order valence-electron chi connectivity index (χ1n) is 13.4. The van der Waals surface area contributed by atoms with Crippen molar-refractivity contribution in [2.45, 2.75) is 26.3 Å². The normalized spacial score (nSPS) is 11.4. The number of halogens is 1. The monoisotopic (exact) mass is 572 g/mol. The molecule has 4 aromatic carbocycles. The van der Waals surface area contributed by atoms with Crippen LogP contribution in [0.25, 0.3) is 11.1 Å². The molecule has 0 spiro atoms. The molecule has 4 aromatic rings. The molecule has 0 aromatic heterocycles. The molecule has 0 aliphatic rings. The summed E-state index contributed by atoms with van der Waals surface area (Å²) in [7, 11) is 1.62. The number of carbonyl (C=O) groups excluding carboxylic acids is 1. The lowest BCUT2D eigenvalue weighted by atomic mass is 9.98. The molecule has 212 valence electrons. The van der Waals surface area contributed by atoms with Crippen molar-refractivity contribution in [3.63, 3.8) is 0 Å². The van der Waals surface area contributed by atoms with E-state index in [4.69, 9.17) is 21.1 Å². The zero-order valence-electron chi connectivity index (χ0n) is 23.3. The Morgan fingerprint density at radius 3 is 2.17 bits per heavy atom. The Labute approximate surface area is 245 Å². The van der Waals surface area contributed by atoms with Crippen LogP contribution in [-0.4, -0.2) is 37.2 Å². The maximum Gasteiger partial charge on any atom is 0.305 e.